The molecule has 1 aliphatic rings. The number of aryl methyl sites for hydroxylation is 1. The summed E-state index contributed by atoms with van der Waals surface area (Å²) in [5, 5.41) is 12.7. The van der Waals surface area contributed by atoms with Crippen molar-refractivity contribution in [2.45, 2.75) is 38.2 Å². The fraction of sp³-hybridized carbons (Fsp3) is 0.222. The topological polar surface area (TPSA) is 122 Å². The summed E-state index contributed by atoms with van der Waals surface area (Å²) in [6.07, 6.45) is -0.996. The van der Waals surface area contributed by atoms with Crippen molar-refractivity contribution in [2.75, 3.05) is 10.6 Å². The van der Waals surface area contributed by atoms with Gasteiger partial charge in [-0.1, -0.05) is 6.07 Å². The Balaban J connectivity index is 0.000000541. The van der Waals surface area contributed by atoms with E-state index < -0.39 is 41.3 Å². The van der Waals surface area contributed by atoms with Crippen molar-refractivity contribution >= 4 is 46.8 Å². The molecule has 0 unspecified atom stereocenters. The molecule has 1 saturated carbocycles. The first-order valence-electron chi connectivity index (χ1n) is 12.3. The number of nitrogens with one attached hydrogen (secondary N) is 2. The number of aromatic nitrogens is 4. The Bertz CT molecular complexity index is 1690. The summed E-state index contributed by atoms with van der Waals surface area (Å²) in [4.78, 5) is 34.6. The molecule has 226 valence electrons. The average Bonchev–Trinajstić information content (AvgIpc) is 3.65. The number of carboxylic acids is 1. The van der Waals surface area contributed by atoms with Gasteiger partial charge in [0, 0.05) is 17.8 Å². The van der Waals surface area contributed by atoms with Crippen LogP contribution in [0.1, 0.15) is 39.9 Å². The van der Waals surface area contributed by atoms with Crippen LogP contribution in [0, 0.1) is 12.7 Å². The molecule has 3 N–H and O–H groups in total. The molecule has 0 radical (unpaired) electrons. The van der Waals surface area contributed by atoms with Crippen LogP contribution < -0.4 is 10.6 Å². The van der Waals surface area contributed by atoms with Crippen LogP contribution in [0.3, 0.4) is 0 Å². The van der Waals surface area contributed by atoms with Crippen LogP contribution in [0.2, 0.25) is 0 Å². The maximum atomic E-state index is 14.1. The lowest BCUT2D eigenvalue weighted by atomic mass is 10.0. The van der Waals surface area contributed by atoms with Crippen LogP contribution in [0.5, 0.6) is 0 Å². The van der Waals surface area contributed by atoms with Gasteiger partial charge >= 0.3 is 18.3 Å². The second-order valence-electron chi connectivity index (χ2n) is 9.30. The average molecular weight is 610 g/mol. The summed E-state index contributed by atoms with van der Waals surface area (Å²) in [7, 11) is 0. The van der Waals surface area contributed by atoms with Crippen molar-refractivity contribution in [3.8, 4) is 0 Å². The van der Waals surface area contributed by atoms with Crippen LogP contribution in [0.4, 0.5) is 42.2 Å². The van der Waals surface area contributed by atoms with Crippen molar-refractivity contribution in [2.24, 2.45) is 0 Å². The normalized spacial score (nSPS) is 13.5. The standard InChI is InChI=1S/C25H20F4N6O.C2HF3O2/c1-14-2-3-16(24(36)34-20-11-17(25(27,28)29)4-7-19(20)26)10-15(14)8-9-35-13-32-21-22(33-18-5-6-18)30-12-31-23(21)35;3-2(4,5)1(6)7/h2-4,7-13,18H,5-6H2,1H3,(H,34,36)(H,30,31,33);(H,6,7)/b9-8+;. The second kappa shape index (κ2) is 12.1. The SMILES string of the molecule is Cc1ccc(C(=O)Nc2cc(C(F)(F)F)ccc2F)cc1/C=C/n1cnc2c(NC3CC3)ncnc21.O=C(O)C(F)(F)F. The lowest BCUT2D eigenvalue weighted by molar-refractivity contribution is -0.192. The highest BCUT2D eigenvalue weighted by Crippen LogP contribution is 2.32. The van der Waals surface area contributed by atoms with E-state index in [4.69, 9.17) is 9.90 Å². The van der Waals surface area contributed by atoms with E-state index in [1.54, 1.807) is 35.3 Å². The third-order valence-corrected chi connectivity index (χ3v) is 6.02. The smallest absolute Gasteiger partial charge is 0.475 e. The highest BCUT2D eigenvalue weighted by atomic mass is 19.4. The van der Waals surface area contributed by atoms with Crippen molar-refractivity contribution in [3.05, 3.63) is 77.1 Å². The van der Waals surface area contributed by atoms with Gasteiger partial charge in [-0.15, -0.1) is 0 Å². The molecule has 1 fully saturated rings. The Labute approximate surface area is 238 Å². The number of nitrogens with zero attached hydrogens (tertiary/aromatic N) is 4. The van der Waals surface area contributed by atoms with Crippen molar-refractivity contribution < 1.29 is 45.4 Å². The molecule has 2 aromatic heterocycles. The van der Waals surface area contributed by atoms with Crippen LogP contribution in [0.25, 0.3) is 23.4 Å². The third-order valence-electron chi connectivity index (χ3n) is 6.02. The van der Waals surface area contributed by atoms with Crippen LogP contribution in [-0.4, -0.2) is 48.7 Å². The molecule has 0 aliphatic heterocycles. The van der Waals surface area contributed by atoms with E-state index >= 15 is 0 Å². The largest absolute Gasteiger partial charge is 0.490 e. The zero-order valence-corrected chi connectivity index (χ0v) is 22.0. The lowest BCUT2D eigenvalue weighted by Gasteiger charge is -2.11. The number of halogens is 7. The van der Waals surface area contributed by atoms with Gasteiger partial charge < -0.3 is 15.7 Å². The Morgan fingerprint density at radius 1 is 1.02 bits per heavy atom. The first kappa shape index (κ1) is 30.9. The van der Waals surface area contributed by atoms with Gasteiger partial charge in [0.1, 0.15) is 18.5 Å². The molecule has 0 atom stereocenters. The van der Waals surface area contributed by atoms with E-state index in [9.17, 15) is 35.5 Å². The first-order valence-corrected chi connectivity index (χ1v) is 12.3. The minimum Gasteiger partial charge on any atom is -0.475 e. The number of rotatable bonds is 6. The van der Waals surface area contributed by atoms with Crippen molar-refractivity contribution in [1.82, 2.24) is 19.5 Å². The number of imidazole rings is 1. The zero-order chi connectivity index (χ0) is 31.5. The summed E-state index contributed by atoms with van der Waals surface area (Å²) in [5.41, 5.74) is 1.33. The highest BCUT2D eigenvalue weighted by molar-refractivity contribution is 6.05. The molecule has 16 heteroatoms. The summed E-state index contributed by atoms with van der Waals surface area (Å²) in [6, 6.07) is 7.06. The monoisotopic (exact) mass is 610 g/mol. The Hall–Kier alpha value is -5.02. The van der Waals surface area contributed by atoms with E-state index in [1.165, 1.54) is 12.4 Å². The van der Waals surface area contributed by atoms with E-state index in [-0.39, 0.29) is 5.56 Å². The van der Waals surface area contributed by atoms with Gasteiger partial charge in [0.25, 0.3) is 5.91 Å². The van der Waals surface area contributed by atoms with Gasteiger partial charge in [-0.25, -0.2) is 24.1 Å². The molecule has 4 aromatic rings. The highest BCUT2D eigenvalue weighted by Gasteiger charge is 2.38. The summed E-state index contributed by atoms with van der Waals surface area (Å²) < 4.78 is 86.5. The number of anilines is 2. The number of carboxylic acid groups (broad SMARTS) is 1. The van der Waals surface area contributed by atoms with Crippen LogP contribution >= 0.6 is 0 Å². The number of carbonyl (C=O) groups is 2. The predicted octanol–water partition coefficient (Wildman–Crippen LogP) is 6.38. The number of amides is 1. The molecule has 2 aromatic carbocycles. The minimum atomic E-state index is -5.08. The first-order chi connectivity index (χ1) is 20.1. The number of aliphatic carboxylic acids is 1. The molecular weight excluding hydrogens is 589 g/mol. The van der Waals surface area contributed by atoms with E-state index in [2.05, 4.69) is 25.6 Å². The van der Waals surface area contributed by atoms with Gasteiger partial charge in [0.05, 0.1) is 11.3 Å². The molecule has 5 rings (SSSR count). The summed E-state index contributed by atoms with van der Waals surface area (Å²) in [6.45, 7) is 1.85. The van der Waals surface area contributed by atoms with Gasteiger partial charge in [-0.05, 0) is 67.3 Å². The van der Waals surface area contributed by atoms with Gasteiger partial charge in [0.2, 0.25) is 0 Å². The molecule has 1 amide bonds. The van der Waals surface area contributed by atoms with Crippen LogP contribution in [0.15, 0.2) is 49.1 Å². The molecule has 9 nitrogen and oxygen atoms in total. The maximum Gasteiger partial charge on any atom is 0.490 e. The third kappa shape index (κ3) is 7.84. The molecule has 0 bridgehead atoms. The van der Waals surface area contributed by atoms with Gasteiger partial charge in [0.15, 0.2) is 17.0 Å². The number of hydrogen-bond donors (Lipinski definition) is 3. The Morgan fingerprint density at radius 3 is 2.35 bits per heavy atom. The van der Waals surface area contributed by atoms with Crippen LogP contribution in [-0.2, 0) is 11.0 Å². The Morgan fingerprint density at radius 2 is 1.72 bits per heavy atom. The summed E-state index contributed by atoms with van der Waals surface area (Å²) >= 11 is 0. The number of benzene rings is 2. The molecule has 2 heterocycles. The van der Waals surface area contributed by atoms with Gasteiger partial charge in [-0.2, -0.15) is 26.3 Å². The number of carbonyl (C=O) groups excluding carboxylic acids is 1. The number of fused-ring (bicyclic) bond motifs is 1. The molecule has 1 aliphatic carbocycles. The van der Waals surface area contributed by atoms with E-state index in [0.717, 1.165) is 18.4 Å². The minimum absolute atomic E-state index is 0.158. The van der Waals surface area contributed by atoms with Crippen molar-refractivity contribution in [3.63, 3.8) is 0 Å². The van der Waals surface area contributed by atoms with E-state index in [1.807, 2.05) is 6.92 Å². The zero-order valence-electron chi connectivity index (χ0n) is 22.0. The number of alkyl halides is 6. The molecule has 43 heavy (non-hydrogen) atoms. The number of hydrogen-bond acceptors (Lipinski definition) is 6. The van der Waals surface area contributed by atoms with E-state index in [0.29, 0.717) is 46.8 Å². The molecule has 0 spiro atoms. The maximum absolute atomic E-state index is 14.1. The predicted molar refractivity (Wildman–Crippen MR) is 141 cm³/mol. The molecule has 0 saturated heterocycles. The Kier molecular flexibility index (Phi) is 8.68. The van der Waals surface area contributed by atoms with Crippen molar-refractivity contribution in [1.29, 1.82) is 0 Å². The lowest BCUT2D eigenvalue weighted by Crippen LogP contribution is -2.21. The van der Waals surface area contributed by atoms with Gasteiger partial charge in [-0.3, -0.25) is 9.36 Å². The molecular formula is C27H21F7N6O3. The fourth-order valence-corrected chi connectivity index (χ4v) is 3.60. The quantitative estimate of drug-likeness (QED) is 0.217. The summed E-state index contributed by atoms with van der Waals surface area (Å²) in [5.74, 6) is -3.79. The second-order valence-corrected chi connectivity index (χ2v) is 9.30. The fourth-order valence-electron chi connectivity index (χ4n) is 3.60.